The van der Waals surface area contributed by atoms with Crippen LogP contribution in [0.3, 0.4) is 0 Å². The number of nitrogens with one attached hydrogen (secondary N) is 2. The van der Waals surface area contributed by atoms with Gasteiger partial charge < -0.3 is 20.1 Å². The third-order valence-corrected chi connectivity index (χ3v) is 3.45. The van der Waals surface area contributed by atoms with Gasteiger partial charge in [-0.25, -0.2) is 0 Å². The van der Waals surface area contributed by atoms with E-state index in [-0.39, 0.29) is 18.4 Å². The van der Waals surface area contributed by atoms with Crippen molar-refractivity contribution in [2.24, 2.45) is 0 Å². The van der Waals surface area contributed by atoms with E-state index < -0.39 is 0 Å². The van der Waals surface area contributed by atoms with E-state index >= 15 is 0 Å². The average molecular weight is 349 g/mol. The monoisotopic (exact) mass is 348 g/mol. The van der Waals surface area contributed by atoms with E-state index in [1.54, 1.807) is 49.6 Å². The number of hydrogen-bond acceptors (Lipinski definition) is 4. The highest BCUT2D eigenvalue weighted by Crippen LogP contribution is 2.28. The normalized spacial score (nSPS) is 9.96. The fraction of sp³-hybridized carbons (Fsp3) is 0.176. The maximum Gasteiger partial charge on any atom is 0.251 e. The first-order valence-electron chi connectivity index (χ1n) is 7.09. The molecule has 7 heteroatoms. The largest absolute Gasteiger partial charge is 0.497 e. The van der Waals surface area contributed by atoms with Crippen LogP contribution in [-0.2, 0) is 4.79 Å². The van der Waals surface area contributed by atoms with Gasteiger partial charge in [-0.1, -0.05) is 11.6 Å². The van der Waals surface area contributed by atoms with E-state index in [9.17, 15) is 9.59 Å². The van der Waals surface area contributed by atoms with Gasteiger partial charge in [-0.15, -0.1) is 0 Å². The van der Waals surface area contributed by atoms with Gasteiger partial charge in [-0.05, 0) is 36.4 Å². The summed E-state index contributed by atoms with van der Waals surface area (Å²) >= 11 is 5.77. The Kier molecular flexibility index (Phi) is 6.03. The highest BCUT2D eigenvalue weighted by molar-refractivity contribution is 6.30. The number of carbonyl (C=O) groups is 2. The number of rotatable bonds is 6. The van der Waals surface area contributed by atoms with Crippen molar-refractivity contribution in [3.63, 3.8) is 0 Å². The molecule has 2 aromatic rings. The predicted octanol–water partition coefficient (Wildman–Crippen LogP) is 2.73. The molecule has 126 valence electrons. The Morgan fingerprint density at radius 3 is 2.38 bits per heavy atom. The molecule has 0 aliphatic rings. The van der Waals surface area contributed by atoms with E-state index in [1.165, 1.54) is 7.11 Å². The smallest absolute Gasteiger partial charge is 0.251 e. The molecule has 0 fully saturated rings. The van der Waals surface area contributed by atoms with Crippen molar-refractivity contribution in [1.82, 2.24) is 5.32 Å². The highest BCUT2D eigenvalue weighted by atomic mass is 35.5. The quantitative estimate of drug-likeness (QED) is 0.841. The SMILES string of the molecule is COc1ccc(NC(=O)CNC(=O)c2ccc(Cl)cc2)c(OC)c1. The van der Waals surface area contributed by atoms with Crippen LogP contribution in [0.5, 0.6) is 11.5 Å². The number of anilines is 1. The van der Waals surface area contributed by atoms with Gasteiger partial charge >= 0.3 is 0 Å². The molecule has 0 heterocycles. The maximum absolute atomic E-state index is 12.0. The number of ether oxygens (including phenoxy) is 2. The summed E-state index contributed by atoms with van der Waals surface area (Å²) in [6.07, 6.45) is 0. The molecular weight excluding hydrogens is 332 g/mol. The Morgan fingerprint density at radius 1 is 1.04 bits per heavy atom. The number of benzene rings is 2. The van der Waals surface area contributed by atoms with Gasteiger partial charge in [0.15, 0.2) is 0 Å². The fourth-order valence-corrected chi connectivity index (χ4v) is 2.09. The molecule has 2 rings (SSSR count). The van der Waals surface area contributed by atoms with E-state index in [0.29, 0.717) is 27.8 Å². The van der Waals surface area contributed by atoms with Crippen LogP contribution in [0.4, 0.5) is 5.69 Å². The standard InChI is InChI=1S/C17H17ClN2O4/c1-23-13-7-8-14(15(9-13)24-2)20-16(21)10-19-17(22)11-3-5-12(18)6-4-11/h3-9H,10H2,1-2H3,(H,19,22)(H,20,21). The molecule has 24 heavy (non-hydrogen) atoms. The van der Waals surface area contributed by atoms with E-state index in [1.807, 2.05) is 0 Å². The van der Waals surface area contributed by atoms with Crippen LogP contribution in [-0.4, -0.2) is 32.6 Å². The minimum Gasteiger partial charge on any atom is -0.497 e. The molecule has 0 unspecified atom stereocenters. The zero-order valence-corrected chi connectivity index (χ0v) is 14.0. The van der Waals surface area contributed by atoms with Crippen molar-refractivity contribution in [3.05, 3.63) is 53.1 Å². The maximum atomic E-state index is 12.0. The van der Waals surface area contributed by atoms with Crippen molar-refractivity contribution < 1.29 is 19.1 Å². The first-order chi connectivity index (χ1) is 11.5. The lowest BCUT2D eigenvalue weighted by molar-refractivity contribution is -0.115. The lowest BCUT2D eigenvalue weighted by Gasteiger charge is -2.12. The van der Waals surface area contributed by atoms with Gasteiger partial charge in [-0.3, -0.25) is 9.59 Å². The summed E-state index contributed by atoms with van der Waals surface area (Å²) in [6, 6.07) is 11.4. The summed E-state index contributed by atoms with van der Waals surface area (Å²) in [6.45, 7) is -0.170. The van der Waals surface area contributed by atoms with Gasteiger partial charge in [-0.2, -0.15) is 0 Å². The van der Waals surface area contributed by atoms with Crippen LogP contribution >= 0.6 is 11.6 Å². The second-order valence-corrected chi connectivity index (χ2v) is 5.24. The topological polar surface area (TPSA) is 76.7 Å². The molecule has 0 atom stereocenters. The Bertz CT molecular complexity index is 732. The fourth-order valence-electron chi connectivity index (χ4n) is 1.96. The minimum atomic E-state index is -0.374. The molecule has 0 radical (unpaired) electrons. The Morgan fingerprint density at radius 2 is 1.75 bits per heavy atom. The van der Waals surface area contributed by atoms with Crippen LogP contribution in [0.2, 0.25) is 5.02 Å². The summed E-state index contributed by atoms with van der Waals surface area (Å²) in [7, 11) is 3.03. The number of methoxy groups -OCH3 is 2. The highest BCUT2D eigenvalue weighted by Gasteiger charge is 2.11. The minimum absolute atomic E-state index is 0.170. The van der Waals surface area contributed by atoms with Gasteiger partial charge in [0.25, 0.3) is 5.91 Å². The second-order valence-electron chi connectivity index (χ2n) is 4.80. The lowest BCUT2D eigenvalue weighted by Crippen LogP contribution is -2.32. The van der Waals surface area contributed by atoms with Crippen molar-refractivity contribution in [2.45, 2.75) is 0 Å². The molecule has 0 aromatic heterocycles. The third kappa shape index (κ3) is 4.63. The van der Waals surface area contributed by atoms with E-state index in [0.717, 1.165) is 0 Å². The lowest BCUT2D eigenvalue weighted by atomic mass is 10.2. The molecule has 0 bridgehead atoms. The van der Waals surface area contributed by atoms with E-state index in [2.05, 4.69) is 10.6 Å². The summed E-state index contributed by atoms with van der Waals surface area (Å²) in [5.41, 5.74) is 0.915. The zero-order chi connectivity index (χ0) is 17.5. The molecule has 6 nitrogen and oxygen atoms in total. The summed E-state index contributed by atoms with van der Waals surface area (Å²) in [4.78, 5) is 23.9. The van der Waals surface area contributed by atoms with Gasteiger partial charge in [0.1, 0.15) is 11.5 Å². The molecular formula is C17H17ClN2O4. The van der Waals surface area contributed by atoms with Gasteiger partial charge in [0.05, 0.1) is 26.5 Å². The van der Waals surface area contributed by atoms with Crippen LogP contribution in [0.1, 0.15) is 10.4 Å². The van der Waals surface area contributed by atoms with Crippen molar-refractivity contribution >= 4 is 29.1 Å². The summed E-state index contributed by atoms with van der Waals surface area (Å²) in [5, 5.41) is 5.75. The predicted molar refractivity (Wildman–Crippen MR) is 92.0 cm³/mol. The third-order valence-electron chi connectivity index (χ3n) is 3.20. The molecule has 0 spiro atoms. The van der Waals surface area contributed by atoms with Crippen LogP contribution < -0.4 is 20.1 Å². The molecule has 2 aromatic carbocycles. The number of halogens is 1. The molecule has 0 saturated carbocycles. The van der Waals surface area contributed by atoms with Gasteiger partial charge in [0, 0.05) is 16.7 Å². The Labute approximate surface area is 144 Å². The molecule has 0 aliphatic heterocycles. The van der Waals surface area contributed by atoms with Crippen LogP contribution in [0.15, 0.2) is 42.5 Å². The van der Waals surface area contributed by atoms with Crippen LogP contribution in [0, 0.1) is 0 Å². The summed E-state index contributed by atoms with van der Waals surface area (Å²) in [5.74, 6) is 0.344. The second kappa shape index (κ2) is 8.21. The molecule has 0 aliphatic carbocycles. The average Bonchev–Trinajstić information content (AvgIpc) is 2.60. The van der Waals surface area contributed by atoms with Crippen LogP contribution in [0.25, 0.3) is 0 Å². The Balaban J connectivity index is 1.93. The van der Waals surface area contributed by atoms with Crippen molar-refractivity contribution in [3.8, 4) is 11.5 Å². The molecule has 0 saturated heterocycles. The molecule has 2 amide bonds. The number of hydrogen-bond donors (Lipinski definition) is 2. The zero-order valence-electron chi connectivity index (χ0n) is 13.3. The first kappa shape index (κ1) is 17.6. The molecule has 2 N–H and O–H groups in total. The van der Waals surface area contributed by atoms with Gasteiger partial charge in [0.2, 0.25) is 5.91 Å². The first-order valence-corrected chi connectivity index (χ1v) is 7.47. The summed E-state index contributed by atoms with van der Waals surface area (Å²) < 4.78 is 10.3. The van der Waals surface area contributed by atoms with Crippen molar-refractivity contribution in [2.75, 3.05) is 26.1 Å². The number of amides is 2. The number of carbonyl (C=O) groups excluding carboxylic acids is 2. The van der Waals surface area contributed by atoms with Crippen molar-refractivity contribution in [1.29, 1.82) is 0 Å². The van der Waals surface area contributed by atoms with E-state index in [4.69, 9.17) is 21.1 Å². The Hall–Kier alpha value is -2.73.